The molecule has 20 heavy (non-hydrogen) atoms. The quantitative estimate of drug-likeness (QED) is 0.734. The molecule has 1 aliphatic heterocycles. The molecule has 1 aromatic rings. The van der Waals surface area contributed by atoms with Gasteiger partial charge in [-0.15, -0.1) is 0 Å². The van der Waals surface area contributed by atoms with Gasteiger partial charge < -0.3 is 19.5 Å². The zero-order chi connectivity index (χ0) is 14.4. The zero-order valence-corrected chi connectivity index (χ0v) is 13.7. The van der Waals surface area contributed by atoms with Gasteiger partial charge in [0.15, 0.2) is 0 Å². The summed E-state index contributed by atoms with van der Waals surface area (Å²) in [5.74, 6) is 1.06. The molecular weight excluding hydrogens is 322 g/mol. The van der Waals surface area contributed by atoms with Crippen molar-refractivity contribution in [3.63, 3.8) is 0 Å². The summed E-state index contributed by atoms with van der Waals surface area (Å²) in [6, 6.07) is 4.56. The van der Waals surface area contributed by atoms with Crippen molar-refractivity contribution < 1.29 is 14.2 Å². The van der Waals surface area contributed by atoms with Gasteiger partial charge in [-0.2, -0.15) is 0 Å². The van der Waals surface area contributed by atoms with Crippen molar-refractivity contribution >= 4 is 15.9 Å². The van der Waals surface area contributed by atoms with E-state index in [0.29, 0.717) is 19.8 Å². The number of benzene rings is 1. The summed E-state index contributed by atoms with van der Waals surface area (Å²) in [5, 5.41) is 3.30. The van der Waals surface area contributed by atoms with Crippen LogP contribution in [0.25, 0.3) is 0 Å². The van der Waals surface area contributed by atoms with Gasteiger partial charge in [0.25, 0.3) is 0 Å². The van der Waals surface area contributed by atoms with E-state index in [1.54, 1.807) is 7.11 Å². The van der Waals surface area contributed by atoms with Crippen LogP contribution in [0.2, 0.25) is 0 Å². The van der Waals surface area contributed by atoms with Crippen molar-refractivity contribution in [1.29, 1.82) is 0 Å². The number of rotatable bonds is 8. The molecule has 0 spiro atoms. The van der Waals surface area contributed by atoms with Gasteiger partial charge in [-0.3, -0.25) is 0 Å². The first-order valence-electron chi connectivity index (χ1n) is 6.92. The van der Waals surface area contributed by atoms with Gasteiger partial charge in [-0.25, -0.2) is 0 Å². The lowest BCUT2D eigenvalue weighted by Gasteiger charge is -2.18. The second-order valence-electron chi connectivity index (χ2n) is 4.91. The number of hydrogen-bond acceptors (Lipinski definition) is 4. The van der Waals surface area contributed by atoms with Crippen molar-refractivity contribution in [2.24, 2.45) is 0 Å². The van der Waals surface area contributed by atoms with E-state index >= 15 is 0 Å². The third kappa shape index (κ3) is 4.19. The highest BCUT2D eigenvalue weighted by molar-refractivity contribution is 9.10. The summed E-state index contributed by atoms with van der Waals surface area (Å²) in [6.07, 6.45) is 1.89. The lowest BCUT2D eigenvalue weighted by Crippen LogP contribution is -2.33. The van der Waals surface area contributed by atoms with E-state index in [0.717, 1.165) is 29.7 Å². The van der Waals surface area contributed by atoms with Crippen LogP contribution in [-0.4, -0.2) is 46.6 Å². The Balaban J connectivity index is 1.97. The minimum atomic E-state index is 0.273. The van der Waals surface area contributed by atoms with Crippen LogP contribution < -0.4 is 10.1 Å². The van der Waals surface area contributed by atoms with Crippen molar-refractivity contribution in [2.45, 2.75) is 18.9 Å². The Morgan fingerprint density at radius 2 is 2.25 bits per heavy atom. The number of nitrogens with one attached hydrogen (secondary N) is 1. The highest BCUT2D eigenvalue weighted by Crippen LogP contribution is 2.33. The van der Waals surface area contributed by atoms with E-state index in [-0.39, 0.29) is 6.04 Å². The molecule has 0 amide bonds. The maximum atomic E-state index is 5.76. The Kier molecular flexibility index (Phi) is 6.29. The predicted molar refractivity (Wildman–Crippen MR) is 82.6 cm³/mol. The summed E-state index contributed by atoms with van der Waals surface area (Å²) in [5.41, 5.74) is 2.53. The molecule has 0 radical (unpaired) electrons. The van der Waals surface area contributed by atoms with E-state index in [4.69, 9.17) is 14.2 Å². The summed E-state index contributed by atoms with van der Waals surface area (Å²) >= 11 is 3.58. The molecule has 0 aliphatic carbocycles. The second kappa shape index (κ2) is 7.98. The summed E-state index contributed by atoms with van der Waals surface area (Å²) < 4.78 is 17.5. The molecule has 112 valence electrons. The molecule has 1 heterocycles. The minimum Gasteiger partial charge on any atom is -0.493 e. The third-order valence-corrected chi connectivity index (χ3v) is 3.91. The van der Waals surface area contributed by atoms with Crippen LogP contribution in [0.3, 0.4) is 0 Å². The van der Waals surface area contributed by atoms with E-state index in [1.165, 1.54) is 11.1 Å². The first kappa shape index (κ1) is 15.8. The fourth-order valence-electron chi connectivity index (χ4n) is 2.38. The Morgan fingerprint density at radius 3 is 3.00 bits per heavy atom. The van der Waals surface area contributed by atoms with Gasteiger partial charge in [0.2, 0.25) is 0 Å². The fourth-order valence-corrected chi connectivity index (χ4v) is 2.93. The molecule has 1 aromatic carbocycles. The Labute approximate surface area is 128 Å². The Bertz CT molecular complexity index is 439. The largest absolute Gasteiger partial charge is 0.493 e. The SMILES string of the molecule is CNC(COCCOC)Cc1cc(Br)cc2c1OCC2. The molecule has 0 saturated heterocycles. The molecule has 0 saturated carbocycles. The van der Waals surface area contributed by atoms with Crippen LogP contribution in [0, 0.1) is 0 Å². The topological polar surface area (TPSA) is 39.7 Å². The Hall–Kier alpha value is -0.620. The number of likely N-dealkylation sites (N-methyl/N-ethyl adjacent to an activating group) is 1. The van der Waals surface area contributed by atoms with Crippen LogP contribution >= 0.6 is 15.9 Å². The van der Waals surface area contributed by atoms with E-state index in [1.807, 2.05) is 7.05 Å². The lowest BCUT2D eigenvalue weighted by molar-refractivity contribution is 0.0597. The van der Waals surface area contributed by atoms with Gasteiger partial charge in [0.05, 0.1) is 26.4 Å². The molecule has 1 N–H and O–H groups in total. The average Bonchev–Trinajstić information content (AvgIpc) is 2.90. The summed E-state index contributed by atoms with van der Waals surface area (Å²) in [6.45, 7) is 2.71. The fraction of sp³-hybridized carbons (Fsp3) is 0.600. The van der Waals surface area contributed by atoms with Crippen molar-refractivity contribution in [1.82, 2.24) is 5.32 Å². The summed E-state index contributed by atoms with van der Waals surface area (Å²) in [4.78, 5) is 0. The standard InChI is InChI=1S/C15H22BrNO3/c1-17-14(10-19-6-5-18-2)9-12-8-13(16)7-11-3-4-20-15(11)12/h7-8,14,17H,3-6,9-10H2,1-2H3. The molecule has 2 rings (SSSR count). The molecule has 4 nitrogen and oxygen atoms in total. The smallest absolute Gasteiger partial charge is 0.125 e. The zero-order valence-electron chi connectivity index (χ0n) is 12.1. The summed E-state index contributed by atoms with van der Waals surface area (Å²) in [7, 11) is 3.64. The molecule has 0 aromatic heterocycles. The van der Waals surface area contributed by atoms with Gasteiger partial charge in [-0.1, -0.05) is 15.9 Å². The van der Waals surface area contributed by atoms with Crippen molar-refractivity contribution in [2.75, 3.05) is 40.6 Å². The average molecular weight is 344 g/mol. The predicted octanol–water partition coefficient (Wildman–Crippen LogP) is 2.18. The first-order chi connectivity index (χ1) is 9.74. The normalized spacial score (nSPS) is 14.9. The van der Waals surface area contributed by atoms with Gasteiger partial charge in [0, 0.05) is 24.0 Å². The maximum absolute atomic E-state index is 5.76. The van der Waals surface area contributed by atoms with E-state index < -0.39 is 0 Å². The van der Waals surface area contributed by atoms with Crippen LogP contribution in [0.15, 0.2) is 16.6 Å². The van der Waals surface area contributed by atoms with Gasteiger partial charge in [0.1, 0.15) is 5.75 Å². The number of fused-ring (bicyclic) bond motifs is 1. The van der Waals surface area contributed by atoms with E-state index in [2.05, 4.69) is 33.4 Å². The number of hydrogen-bond donors (Lipinski definition) is 1. The molecule has 1 atom stereocenters. The molecule has 1 unspecified atom stereocenters. The van der Waals surface area contributed by atoms with Gasteiger partial charge in [-0.05, 0) is 36.7 Å². The molecule has 0 fully saturated rings. The van der Waals surface area contributed by atoms with Crippen LogP contribution in [0.4, 0.5) is 0 Å². The van der Waals surface area contributed by atoms with Crippen LogP contribution in [0.1, 0.15) is 11.1 Å². The van der Waals surface area contributed by atoms with Crippen molar-refractivity contribution in [3.8, 4) is 5.75 Å². The molecular formula is C15H22BrNO3. The second-order valence-corrected chi connectivity index (χ2v) is 5.82. The van der Waals surface area contributed by atoms with E-state index in [9.17, 15) is 0 Å². The number of ether oxygens (including phenoxy) is 3. The number of halogens is 1. The third-order valence-electron chi connectivity index (χ3n) is 3.45. The molecule has 1 aliphatic rings. The van der Waals surface area contributed by atoms with Crippen molar-refractivity contribution in [3.05, 3.63) is 27.7 Å². The maximum Gasteiger partial charge on any atom is 0.125 e. The Morgan fingerprint density at radius 1 is 1.40 bits per heavy atom. The number of methoxy groups -OCH3 is 1. The molecule has 5 heteroatoms. The van der Waals surface area contributed by atoms with Gasteiger partial charge >= 0.3 is 0 Å². The monoisotopic (exact) mass is 343 g/mol. The minimum absolute atomic E-state index is 0.273. The van der Waals surface area contributed by atoms with Crippen LogP contribution in [0.5, 0.6) is 5.75 Å². The lowest BCUT2D eigenvalue weighted by atomic mass is 10.0. The van der Waals surface area contributed by atoms with Crippen LogP contribution in [-0.2, 0) is 22.3 Å². The highest BCUT2D eigenvalue weighted by atomic mass is 79.9. The molecule has 0 bridgehead atoms. The first-order valence-corrected chi connectivity index (χ1v) is 7.72. The highest BCUT2D eigenvalue weighted by Gasteiger charge is 2.19.